The number of carbonyl (C=O) groups is 2. The Hall–Kier alpha value is -1.55. The highest BCUT2D eigenvalue weighted by molar-refractivity contribution is 6.67. The van der Waals surface area contributed by atoms with Crippen LogP contribution in [-0.4, -0.2) is 23.4 Å². The van der Waals surface area contributed by atoms with Crippen LogP contribution in [0.3, 0.4) is 0 Å². The Morgan fingerprint density at radius 3 is 2.29 bits per heavy atom. The molecule has 0 aliphatic carbocycles. The van der Waals surface area contributed by atoms with Gasteiger partial charge in [-0.3, -0.25) is 4.79 Å². The number of methoxy groups -OCH3 is 1. The van der Waals surface area contributed by atoms with Crippen molar-refractivity contribution in [2.75, 3.05) is 7.11 Å². The van der Waals surface area contributed by atoms with Gasteiger partial charge in [0.05, 0.1) is 12.7 Å². The van der Waals surface area contributed by atoms with Crippen LogP contribution in [0.2, 0.25) is 0 Å². The van der Waals surface area contributed by atoms with Gasteiger partial charge in [-0.1, -0.05) is 0 Å². The lowest BCUT2D eigenvalue weighted by atomic mass is 10.1. The van der Waals surface area contributed by atoms with Gasteiger partial charge < -0.3 is 9.84 Å². The van der Waals surface area contributed by atoms with E-state index < -0.39 is 11.2 Å². The second kappa shape index (κ2) is 4.11. The number of rotatable bonds is 3. The van der Waals surface area contributed by atoms with Crippen molar-refractivity contribution >= 4 is 22.8 Å². The van der Waals surface area contributed by atoms with Crippen molar-refractivity contribution in [1.82, 2.24) is 0 Å². The van der Waals surface area contributed by atoms with E-state index in [1.165, 1.54) is 25.3 Å². The monoisotopic (exact) mass is 214 g/mol. The number of hydrogen-bond acceptors (Lipinski definition) is 3. The highest BCUT2D eigenvalue weighted by Gasteiger charge is 2.10. The topological polar surface area (TPSA) is 63.6 Å². The first-order chi connectivity index (χ1) is 6.54. The van der Waals surface area contributed by atoms with Crippen molar-refractivity contribution < 1.29 is 19.4 Å². The molecular weight excluding hydrogens is 208 g/mol. The molecule has 0 saturated heterocycles. The second-order valence-corrected chi connectivity index (χ2v) is 2.87. The SMILES string of the molecule is COc1cc(C(=O)O)cc(C(=O)Cl)c1. The van der Waals surface area contributed by atoms with E-state index in [9.17, 15) is 9.59 Å². The van der Waals surface area contributed by atoms with Crippen molar-refractivity contribution in [1.29, 1.82) is 0 Å². The summed E-state index contributed by atoms with van der Waals surface area (Å²) in [5.74, 6) is -0.850. The number of hydrogen-bond donors (Lipinski definition) is 1. The molecule has 0 amide bonds. The predicted octanol–water partition coefficient (Wildman–Crippen LogP) is 1.77. The zero-order valence-corrected chi connectivity index (χ0v) is 8.04. The van der Waals surface area contributed by atoms with Crippen LogP contribution in [0.5, 0.6) is 5.75 Å². The van der Waals surface area contributed by atoms with Crippen molar-refractivity contribution in [3.63, 3.8) is 0 Å². The summed E-state index contributed by atoms with van der Waals surface area (Å²) in [5.41, 5.74) is 0.0665. The average Bonchev–Trinajstić information content (AvgIpc) is 2.16. The zero-order chi connectivity index (χ0) is 10.7. The van der Waals surface area contributed by atoms with E-state index in [4.69, 9.17) is 21.4 Å². The van der Waals surface area contributed by atoms with Gasteiger partial charge in [0.2, 0.25) is 0 Å². The number of carboxylic acids is 1. The van der Waals surface area contributed by atoms with E-state index in [0.29, 0.717) is 0 Å². The average molecular weight is 215 g/mol. The van der Waals surface area contributed by atoms with E-state index in [0.717, 1.165) is 0 Å². The van der Waals surface area contributed by atoms with E-state index in [2.05, 4.69) is 0 Å². The van der Waals surface area contributed by atoms with Crippen molar-refractivity contribution in [3.05, 3.63) is 29.3 Å². The summed E-state index contributed by atoms with van der Waals surface area (Å²) in [4.78, 5) is 21.4. The quantitative estimate of drug-likeness (QED) is 0.779. The van der Waals surface area contributed by atoms with Gasteiger partial charge in [-0.15, -0.1) is 0 Å². The van der Waals surface area contributed by atoms with Crippen LogP contribution in [0.1, 0.15) is 20.7 Å². The van der Waals surface area contributed by atoms with Crippen LogP contribution in [-0.2, 0) is 0 Å². The molecule has 14 heavy (non-hydrogen) atoms. The van der Waals surface area contributed by atoms with Crippen LogP contribution in [0.4, 0.5) is 0 Å². The molecule has 4 nitrogen and oxygen atoms in total. The molecule has 74 valence electrons. The van der Waals surface area contributed by atoms with Crippen molar-refractivity contribution in [2.24, 2.45) is 0 Å². The zero-order valence-electron chi connectivity index (χ0n) is 7.28. The highest BCUT2D eigenvalue weighted by atomic mass is 35.5. The highest BCUT2D eigenvalue weighted by Crippen LogP contribution is 2.18. The lowest BCUT2D eigenvalue weighted by molar-refractivity contribution is 0.0696. The van der Waals surface area contributed by atoms with E-state index in [1.54, 1.807) is 0 Å². The van der Waals surface area contributed by atoms with E-state index in [-0.39, 0.29) is 16.9 Å². The Morgan fingerprint density at radius 2 is 1.86 bits per heavy atom. The molecule has 0 aliphatic rings. The molecule has 0 saturated carbocycles. The summed E-state index contributed by atoms with van der Waals surface area (Å²) in [7, 11) is 1.38. The Balaban J connectivity index is 3.27. The molecule has 1 rings (SSSR count). The fourth-order valence-corrected chi connectivity index (χ4v) is 1.06. The number of carbonyl (C=O) groups excluding carboxylic acids is 1. The molecule has 1 aromatic carbocycles. The van der Waals surface area contributed by atoms with E-state index >= 15 is 0 Å². The molecule has 1 aromatic rings. The van der Waals surface area contributed by atoms with Gasteiger partial charge in [-0.25, -0.2) is 4.79 Å². The van der Waals surface area contributed by atoms with E-state index in [1.807, 2.05) is 0 Å². The first-order valence-electron chi connectivity index (χ1n) is 3.67. The van der Waals surface area contributed by atoms with Gasteiger partial charge in [0.15, 0.2) is 0 Å². The molecule has 0 atom stereocenters. The third-order valence-electron chi connectivity index (χ3n) is 1.62. The second-order valence-electron chi connectivity index (χ2n) is 2.53. The summed E-state index contributed by atoms with van der Waals surface area (Å²) < 4.78 is 4.82. The first kappa shape index (κ1) is 10.5. The lowest BCUT2D eigenvalue weighted by Crippen LogP contribution is -2.00. The number of ether oxygens (including phenoxy) is 1. The lowest BCUT2D eigenvalue weighted by Gasteiger charge is -2.03. The largest absolute Gasteiger partial charge is 0.497 e. The Morgan fingerprint density at radius 1 is 1.29 bits per heavy atom. The summed E-state index contributed by atoms with van der Waals surface area (Å²) in [6.45, 7) is 0. The third-order valence-corrected chi connectivity index (χ3v) is 1.83. The number of halogens is 1. The maximum atomic E-state index is 10.8. The molecule has 0 spiro atoms. The van der Waals surface area contributed by atoms with Crippen molar-refractivity contribution in [2.45, 2.75) is 0 Å². The molecular formula is C9H7ClO4. The summed E-state index contributed by atoms with van der Waals surface area (Å²) in [6.07, 6.45) is 0. The summed E-state index contributed by atoms with van der Waals surface area (Å²) in [5, 5.41) is 7.98. The Bertz CT molecular complexity index is 354. The van der Waals surface area contributed by atoms with Gasteiger partial charge in [0, 0.05) is 5.56 Å². The van der Waals surface area contributed by atoms with Gasteiger partial charge in [-0.2, -0.15) is 0 Å². The molecule has 0 radical (unpaired) electrons. The Kier molecular flexibility index (Phi) is 3.09. The normalized spacial score (nSPS) is 9.57. The van der Waals surface area contributed by atoms with Gasteiger partial charge >= 0.3 is 5.97 Å². The molecule has 5 heteroatoms. The summed E-state index contributed by atoms with van der Waals surface area (Å²) >= 11 is 5.22. The van der Waals surface area contributed by atoms with Gasteiger partial charge in [0.1, 0.15) is 5.75 Å². The van der Waals surface area contributed by atoms with Crippen LogP contribution in [0, 0.1) is 0 Å². The molecule has 0 aromatic heterocycles. The molecule has 0 aliphatic heterocycles. The molecule has 1 N–H and O–H groups in total. The maximum Gasteiger partial charge on any atom is 0.335 e. The first-order valence-corrected chi connectivity index (χ1v) is 4.04. The number of benzene rings is 1. The molecule has 0 heterocycles. The van der Waals surface area contributed by atoms with Crippen LogP contribution in [0.15, 0.2) is 18.2 Å². The minimum atomic E-state index is -1.14. The fraction of sp³-hybridized carbons (Fsp3) is 0.111. The Labute approximate surface area is 85.1 Å². The summed E-state index contributed by atoms with van der Waals surface area (Å²) in [6, 6.07) is 3.88. The van der Waals surface area contributed by atoms with Crippen LogP contribution >= 0.6 is 11.6 Å². The minimum absolute atomic E-state index is 0.0339. The number of aromatic carboxylic acids is 1. The molecule has 0 bridgehead atoms. The third kappa shape index (κ3) is 2.23. The predicted molar refractivity (Wildman–Crippen MR) is 50.1 cm³/mol. The van der Waals surface area contributed by atoms with Crippen LogP contribution in [0.25, 0.3) is 0 Å². The smallest absolute Gasteiger partial charge is 0.335 e. The maximum absolute atomic E-state index is 10.8. The molecule has 0 unspecified atom stereocenters. The van der Waals surface area contributed by atoms with Gasteiger partial charge in [0.25, 0.3) is 5.24 Å². The number of carboxylic acid groups (broad SMARTS) is 1. The molecule has 0 fully saturated rings. The fourth-order valence-electron chi connectivity index (χ4n) is 0.954. The van der Waals surface area contributed by atoms with Gasteiger partial charge in [-0.05, 0) is 29.8 Å². The van der Waals surface area contributed by atoms with Crippen molar-refractivity contribution in [3.8, 4) is 5.75 Å². The minimum Gasteiger partial charge on any atom is -0.497 e. The standard InChI is InChI=1S/C9H7ClO4/c1-14-7-3-5(8(10)11)2-6(4-7)9(12)13/h2-4H,1H3,(H,12,13). The van der Waals surface area contributed by atoms with Crippen LogP contribution < -0.4 is 4.74 Å².